The summed E-state index contributed by atoms with van der Waals surface area (Å²) in [5.41, 5.74) is 2.86. The van der Waals surface area contributed by atoms with E-state index in [0.29, 0.717) is 49.6 Å². The van der Waals surface area contributed by atoms with Crippen molar-refractivity contribution in [2.75, 3.05) is 33.3 Å². The molecule has 27 heavy (non-hydrogen) atoms. The van der Waals surface area contributed by atoms with E-state index in [9.17, 15) is 9.59 Å². The number of benzene rings is 1. The standard InChI is InChI=1S/C20H24N4O3/c1-14-11-15(2)18(27-3)16(12-14)19(25)23-7-4-8-24(10-9-23)20(26)17-13-21-5-6-22-17/h5-6,11-13H,4,7-10H2,1-3H3. The summed E-state index contributed by atoms with van der Waals surface area (Å²) < 4.78 is 5.46. The van der Waals surface area contributed by atoms with Crippen LogP contribution in [0.15, 0.2) is 30.7 Å². The zero-order chi connectivity index (χ0) is 19.4. The Bertz CT molecular complexity index is 839. The van der Waals surface area contributed by atoms with Gasteiger partial charge in [0.2, 0.25) is 0 Å². The van der Waals surface area contributed by atoms with E-state index < -0.39 is 0 Å². The predicted octanol–water partition coefficient (Wildman–Crippen LogP) is 2.09. The highest BCUT2D eigenvalue weighted by Crippen LogP contribution is 2.26. The SMILES string of the molecule is COc1c(C)cc(C)cc1C(=O)N1CCCN(C(=O)c2cnccn2)CC1. The third-order valence-corrected chi connectivity index (χ3v) is 4.71. The van der Waals surface area contributed by atoms with E-state index in [4.69, 9.17) is 4.74 Å². The number of amides is 2. The summed E-state index contributed by atoms with van der Waals surface area (Å²) in [4.78, 5) is 37.2. The highest BCUT2D eigenvalue weighted by molar-refractivity contribution is 5.98. The topological polar surface area (TPSA) is 75.6 Å². The van der Waals surface area contributed by atoms with Gasteiger partial charge in [-0.1, -0.05) is 6.07 Å². The first-order valence-electron chi connectivity index (χ1n) is 9.01. The Kier molecular flexibility index (Phi) is 5.69. The highest BCUT2D eigenvalue weighted by atomic mass is 16.5. The lowest BCUT2D eigenvalue weighted by atomic mass is 10.0. The Morgan fingerprint density at radius 3 is 2.33 bits per heavy atom. The van der Waals surface area contributed by atoms with Crippen LogP contribution in [-0.4, -0.2) is 64.9 Å². The minimum atomic E-state index is -0.152. The molecule has 142 valence electrons. The number of rotatable bonds is 3. The molecule has 7 heteroatoms. The van der Waals surface area contributed by atoms with Crippen LogP contribution in [0.5, 0.6) is 5.75 Å². The molecular weight excluding hydrogens is 344 g/mol. The zero-order valence-electron chi connectivity index (χ0n) is 15.9. The molecule has 0 spiro atoms. The van der Waals surface area contributed by atoms with Crippen molar-refractivity contribution >= 4 is 11.8 Å². The van der Waals surface area contributed by atoms with Gasteiger partial charge in [0.15, 0.2) is 0 Å². The van der Waals surface area contributed by atoms with Gasteiger partial charge in [0.25, 0.3) is 11.8 Å². The summed E-state index contributed by atoms with van der Waals surface area (Å²) in [5.74, 6) is 0.399. The summed E-state index contributed by atoms with van der Waals surface area (Å²) >= 11 is 0. The minimum Gasteiger partial charge on any atom is -0.496 e. The Hall–Kier alpha value is -2.96. The molecule has 0 bridgehead atoms. The highest BCUT2D eigenvalue weighted by Gasteiger charge is 2.26. The van der Waals surface area contributed by atoms with Crippen LogP contribution in [0, 0.1) is 13.8 Å². The summed E-state index contributed by atoms with van der Waals surface area (Å²) in [6.07, 6.45) is 5.23. The summed E-state index contributed by atoms with van der Waals surface area (Å²) in [7, 11) is 1.58. The first kappa shape index (κ1) is 18.8. The molecule has 3 rings (SSSR count). The average molecular weight is 368 g/mol. The molecule has 0 atom stereocenters. The molecule has 1 aliphatic rings. The molecule has 7 nitrogen and oxygen atoms in total. The third kappa shape index (κ3) is 4.07. The molecule has 0 radical (unpaired) electrons. The number of carbonyl (C=O) groups excluding carboxylic acids is 2. The Morgan fingerprint density at radius 2 is 1.70 bits per heavy atom. The number of methoxy groups -OCH3 is 1. The second-order valence-corrected chi connectivity index (χ2v) is 6.69. The molecule has 0 aliphatic carbocycles. The van der Waals surface area contributed by atoms with E-state index in [1.165, 1.54) is 18.6 Å². The summed E-state index contributed by atoms with van der Waals surface area (Å²) in [6.45, 7) is 6.02. The quantitative estimate of drug-likeness (QED) is 0.829. The maximum atomic E-state index is 13.1. The number of ether oxygens (including phenoxy) is 1. The van der Waals surface area contributed by atoms with Gasteiger partial charge >= 0.3 is 0 Å². The number of carbonyl (C=O) groups is 2. The van der Waals surface area contributed by atoms with Crippen molar-refractivity contribution in [2.45, 2.75) is 20.3 Å². The second kappa shape index (κ2) is 8.16. The van der Waals surface area contributed by atoms with Gasteiger partial charge in [0, 0.05) is 38.6 Å². The van der Waals surface area contributed by atoms with Gasteiger partial charge in [-0.25, -0.2) is 4.98 Å². The van der Waals surface area contributed by atoms with E-state index in [1.807, 2.05) is 26.0 Å². The van der Waals surface area contributed by atoms with E-state index in [-0.39, 0.29) is 11.8 Å². The lowest BCUT2D eigenvalue weighted by Gasteiger charge is -2.23. The van der Waals surface area contributed by atoms with Gasteiger partial charge in [-0.15, -0.1) is 0 Å². The molecular formula is C20H24N4O3. The van der Waals surface area contributed by atoms with Crippen LogP contribution in [0.3, 0.4) is 0 Å². The molecule has 2 heterocycles. The summed E-state index contributed by atoms with van der Waals surface area (Å²) in [5, 5.41) is 0. The van der Waals surface area contributed by atoms with Gasteiger partial charge in [-0.05, 0) is 37.5 Å². The largest absolute Gasteiger partial charge is 0.496 e. The average Bonchev–Trinajstić information content (AvgIpc) is 2.93. The molecule has 2 aromatic rings. The fourth-order valence-electron chi connectivity index (χ4n) is 3.45. The number of hydrogen-bond donors (Lipinski definition) is 0. The Labute approximate surface area is 159 Å². The van der Waals surface area contributed by atoms with Crippen molar-refractivity contribution in [3.05, 3.63) is 53.1 Å². The van der Waals surface area contributed by atoms with Gasteiger partial charge < -0.3 is 14.5 Å². The molecule has 1 aliphatic heterocycles. The fourth-order valence-corrected chi connectivity index (χ4v) is 3.45. The maximum absolute atomic E-state index is 13.1. The van der Waals surface area contributed by atoms with Crippen LogP contribution < -0.4 is 4.74 Å². The van der Waals surface area contributed by atoms with E-state index in [1.54, 1.807) is 16.9 Å². The number of nitrogens with zero attached hydrogens (tertiary/aromatic N) is 4. The van der Waals surface area contributed by atoms with Crippen molar-refractivity contribution in [3.63, 3.8) is 0 Å². The zero-order valence-corrected chi connectivity index (χ0v) is 15.9. The molecule has 1 fully saturated rings. The lowest BCUT2D eigenvalue weighted by molar-refractivity contribution is 0.0713. The van der Waals surface area contributed by atoms with E-state index in [0.717, 1.165) is 11.1 Å². The lowest BCUT2D eigenvalue weighted by Crippen LogP contribution is -2.37. The third-order valence-electron chi connectivity index (χ3n) is 4.71. The van der Waals surface area contributed by atoms with Gasteiger partial charge in [0.05, 0.1) is 18.9 Å². The van der Waals surface area contributed by atoms with Gasteiger partial charge in [-0.2, -0.15) is 0 Å². The molecule has 0 saturated carbocycles. The molecule has 0 unspecified atom stereocenters. The Morgan fingerprint density at radius 1 is 1.00 bits per heavy atom. The monoisotopic (exact) mass is 368 g/mol. The normalized spacial score (nSPS) is 14.6. The fraction of sp³-hybridized carbons (Fsp3) is 0.400. The minimum absolute atomic E-state index is 0.0625. The molecule has 0 N–H and O–H groups in total. The van der Waals surface area contributed by atoms with Gasteiger partial charge in [0.1, 0.15) is 11.4 Å². The van der Waals surface area contributed by atoms with Crippen LogP contribution in [-0.2, 0) is 0 Å². The number of aromatic nitrogens is 2. The van der Waals surface area contributed by atoms with Crippen LogP contribution in [0.25, 0.3) is 0 Å². The van der Waals surface area contributed by atoms with Crippen molar-refractivity contribution in [1.82, 2.24) is 19.8 Å². The maximum Gasteiger partial charge on any atom is 0.274 e. The molecule has 1 aromatic carbocycles. The second-order valence-electron chi connectivity index (χ2n) is 6.69. The predicted molar refractivity (Wildman–Crippen MR) is 101 cm³/mol. The first-order chi connectivity index (χ1) is 13.0. The van der Waals surface area contributed by atoms with Crippen LogP contribution in [0.2, 0.25) is 0 Å². The van der Waals surface area contributed by atoms with Crippen molar-refractivity contribution < 1.29 is 14.3 Å². The van der Waals surface area contributed by atoms with E-state index in [2.05, 4.69) is 9.97 Å². The first-order valence-corrected chi connectivity index (χ1v) is 9.01. The number of hydrogen-bond acceptors (Lipinski definition) is 5. The van der Waals surface area contributed by atoms with Crippen molar-refractivity contribution in [3.8, 4) is 5.75 Å². The molecule has 1 aromatic heterocycles. The van der Waals surface area contributed by atoms with E-state index >= 15 is 0 Å². The van der Waals surface area contributed by atoms with Crippen LogP contribution in [0.4, 0.5) is 0 Å². The number of aryl methyl sites for hydroxylation is 2. The molecule has 2 amide bonds. The van der Waals surface area contributed by atoms with Crippen LogP contribution in [0.1, 0.15) is 38.4 Å². The van der Waals surface area contributed by atoms with Crippen LogP contribution >= 0.6 is 0 Å². The molecule has 1 saturated heterocycles. The summed E-state index contributed by atoms with van der Waals surface area (Å²) in [6, 6.07) is 3.86. The van der Waals surface area contributed by atoms with Crippen molar-refractivity contribution in [1.29, 1.82) is 0 Å². The smallest absolute Gasteiger partial charge is 0.274 e. The Balaban J connectivity index is 1.75. The van der Waals surface area contributed by atoms with Gasteiger partial charge in [-0.3, -0.25) is 14.6 Å². The van der Waals surface area contributed by atoms with Crippen molar-refractivity contribution in [2.24, 2.45) is 0 Å².